The van der Waals surface area contributed by atoms with Crippen LogP contribution >= 0.6 is 0 Å². The molecular weight excluding hydrogens is 253 g/mol. The van der Waals surface area contributed by atoms with Crippen LogP contribution in [0.1, 0.15) is 6.92 Å². The van der Waals surface area contributed by atoms with Gasteiger partial charge >= 0.3 is 12.1 Å². The molecule has 2 atom stereocenters. The van der Waals surface area contributed by atoms with E-state index in [1.165, 1.54) is 6.92 Å². The highest BCUT2D eigenvalue weighted by Crippen LogP contribution is 2.25. The first-order valence-corrected chi connectivity index (χ1v) is 5.33. The molecule has 0 saturated heterocycles. The van der Waals surface area contributed by atoms with Crippen LogP contribution in [0.15, 0.2) is 0 Å². The fourth-order valence-corrected chi connectivity index (χ4v) is 1.57. The van der Waals surface area contributed by atoms with Crippen molar-refractivity contribution >= 4 is 5.97 Å². The number of halogens is 3. The second-order valence-corrected chi connectivity index (χ2v) is 4.80. The van der Waals surface area contributed by atoms with Crippen molar-refractivity contribution in [3.05, 3.63) is 0 Å². The molecule has 2 unspecified atom stereocenters. The SMILES string of the molecule is CN(C)CC(C)(O)CNCC(C(=O)O)C(F)(F)F. The lowest BCUT2D eigenvalue weighted by Gasteiger charge is -2.28. The number of carbonyl (C=O) groups is 1. The van der Waals surface area contributed by atoms with Crippen LogP contribution in [-0.2, 0) is 4.79 Å². The molecule has 0 bridgehead atoms. The highest BCUT2D eigenvalue weighted by molar-refractivity contribution is 5.71. The lowest BCUT2D eigenvalue weighted by molar-refractivity contribution is -0.192. The van der Waals surface area contributed by atoms with Crippen molar-refractivity contribution in [1.82, 2.24) is 10.2 Å². The van der Waals surface area contributed by atoms with E-state index in [1.807, 2.05) is 0 Å². The van der Waals surface area contributed by atoms with Gasteiger partial charge in [0.05, 0.1) is 5.60 Å². The Morgan fingerprint density at radius 1 is 1.39 bits per heavy atom. The van der Waals surface area contributed by atoms with Crippen LogP contribution < -0.4 is 5.32 Å². The molecule has 0 saturated carbocycles. The number of nitrogens with zero attached hydrogens (tertiary/aromatic N) is 1. The molecule has 0 spiro atoms. The molecule has 18 heavy (non-hydrogen) atoms. The van der Waals surface area contributed by atoms with Gasteiger partial charge in [-0.25, -0.2) is 0 Å². The fraction of sp³-hybridized carbons (Fsp3) is 0.900. The van der Waals surface area contributed by atoms with E-state index in [1.54, 1.807) is 19.0 Å². The van der Waals surface area contributed by atoms with Gasteiger partial charge in [-0.2, -0.15) is 13.2 Å². The van der Waals surface area contributed by atoms with Crippen molar-refractivity contribution in [3.8, 4) is 0 Å². The molecule has 0 aromatic carbocycles. The molecule has 0 amide bonds. The number of rotatable bonds is 7. The van der Waals surface area contributed by atoms with E-state index in [0.29, 0.717) is 0 Å². The zero-order valence-electron chi connectivity index (χ0n) is 10.6. The lowest BCUT2D eigenvalue weighted by atomic mass is 10.1. The summed E-state index contributed by atoms with van der Waals surface area (Å²) in [6, 6.07) is 0. The van der Waals surface area contributed by atoms with Gasteiger partial charge in [0.2, 0.25) is 0 Å². The topological polar surface area (TPSA) is 72.8 Å². The third-order valence-corrected chi connectivity index (χ3v) is 2.20. The Kier molecular flexibility index (Phi) is 6.05. The van der Waals surface area contributed by atoms with Gasteiger partial charge in [-0.3, -0.25) is 4.79 Å². The molecule has 0 aliphatic heterocycles. The molecule has 0 heterocycles. The molecule has 0 aliphatic carbocycles. The van der Waals surface area contributed by atoms with E-state index in [0.717, 1.165) is 0 Å². The van der Waals surface area contributed by atoms with Crippen molar-refractivity contribution in [2.45, 2.75) is 18.7 Å². The Balaban J connectivity index is 4.27. The summed E-state index contributed by atoms with van der Waals surface area (Å²) >= 11 is 0. The number of carboxylic acid groups (broad SMARTS) is 1. The van der Waals surface area contributed by atoms with Crippen LogP contribution in [0.2, 0.25) is 0 Å². The summed E-state index contributed by atoms with van der Waals surface area (Å²) in [6.45, 7) is 0.834. The van der Waals surface area contributed by atoms with Gasteiger partial charge in [0.25, 0.3) is 0 Å². The van der Waals surface area contributed by atoms with Crippen molar-refractivity contribution in [3.63, 3.8) is 0 Å². The minimum Gasteiger partial charge on any atom is -0.481 e. The molecule has 3 N–H and O–H groups in total. The van der Waals surface area contributed by atoms with Crippen LogP contribution in [0.4, 0.5) is 13.2 Å². The standard InChI is InChI=1S/C10H19F3N2O3/c1-9(18,6-15(2)3)5-14-4-7(8(16)17)10(11,12)13/h7,14,18H,4-6H2,1-3H3,(H,16,17). The molecule has 0 aliphatic rings. The number of hydrogen-bond acceptors (Lipinski definition) is 4. The minimum absolute atomic E-state index is 0.120. The van der Waals surface area contributed by atoms with Crippen molar-refractivity contribution < 1.29 is 28.2 Å². The van der Waals surface area contributed by atoms with Gasteiger partial charge in [0.15, 0.2) is 5.92 Å². The Bertz CT molecular complexity index is 280. The first-order chi connectivity index (χ1) is 7.96. The Morgan fingerprint density at radius 2 is 1.89 bits per heavy atom. The number of alkyl halides is 3. The number of aliphatic carboxylic acids is 1. The van der Waals surface area contributed by atoms with Gasteiger partial charge in [0, 0.05) is 19.6 Å². The van der Waals surface area contributed by atoms with Crippen LogP contribution in [0.25, 0.3) is 0 Å². The average Bonchev–Trinajstić information content (AvgIpc) is 2.07. The summed E-state index contributed by atoms with van der Waals surface area (Å²) in [4.78, 5) is 12.1. The highest BCUT2D eigenvalue weighted by Gasteiger charge is 2.44. The van der Waals surface area contributed by atoms with Gasteiger partial charge in [-0.1, -0.05) is 0 Å². The maximum Gasteiger partial charge on any atom is 0.403 e. The summed E-state index contributed by atoms with van der Waals surface area (Å²) in [5, 5.41) is 20.6. The Hall–Kier alpha value is -0.860. The van der Waals surface area contributed by atoms with E-state index >= 15 is 0 Å². The maximum atomic E-state index is 12.3. The van der Waals surface area contributed by atoms with E-state index < -0.39 is 30.2 Å². The summed E-state index contributed by atoms with van der Waals surface area (Å²) in [6.07, 6.45) is -4.80. The summed E-state index contributed by atoms with van der Waals surface area (Å²) in [5.41, 5.74) is -1.22. The van der Waals surface area contributed by atoms with Crippen LogP contribution in [0.5, 0.6) is 0 Å². The highest BCUT2D eigenvalue weighted by atomic mass is 19.4. The monoisotopic (exact) mass is 272 g/mol. The van der Waals surface area contributed by atoms with Crippen molar-refractivity contribution in [1.29, 1.82) is 0 Å². The largest absolute Gasteiger partial charge is 0.481 e. The second kappa shape index (κ2) is 6.35. The molecule has 0 aromatic rings. The van der Waals surface area contributed by atoms with Crippen molar-refractivity contribution in [2.24, 2.45) is 5.92 Å². The first kappa shape index (κ1) is 17.1. The molecule has 0 radical (unpaired) electrons. The number of hydrogen-bond donors (Lipinski definition) is 3. The molecule has 108 valence electrons. The number of aliphatic hydroxyl groups is 1. The van der Waals surface area contributed by atoms with Crippen molar-refractivity contribution in [2.75, 3.05) is 33.7 Å². The van der Waals surface area contributed by atoms with Crippen LogP contribution in [-0.4, -0.2) is 66.6 Å². The van der Waals surface area contributed by atoms with Crippen LogP contribution in [0.3, 0.4) is 0 Å². The predicted octanol–water partition coefficient (Wildman–Crippen LogP) is 0.152. The quantitative estimate of drug-likeness (QED) is 0.615. The smallest absolute Gasteiger partial charge is 0.403 e. The first-order valence-electron chi connectivity index (χ1n) is 5.33. The van der Waals surface area contributed by atoms with Gasteiger partial charge in [-0.05, 0) is 21.0 Å². The summed E-state index contributed by atoms with van der Waals surface area (Å²) < 4.78 is 36.9. The molecule has 8 heteroatoms. The molecule has 5 nitrogen and oxygen atoms in total. The lowest BCUT2D eigenvalue weighted by Crippen LogP contribution is -2.48. The zero-order chi connectivity index (χ0) is 14.6. The van der Waals surface area contributed by atoms with Gasteiger partial charge < -0.3 is 20.4 Å². The molecule has 0 rings (SSSR count). The minimum atomic E-state index is -4.80. The molecular formula is C10H19F3N2O3. The summed E-state index contributed by atoms with van der Waals surface area (Å²) in [7, 11) is 3.43. The van der Waals surface area contributed by atoms with Gasteiger partial charge in [0.1, 0.15) is 0 Å². The normalized spacial score (nSPS) is 17.6. The van der Waals surface area contributed by atoms with E-state index in [4.69, 9.17) is 5.11 Å². The van der Waals surface area contributed by atoms with E-state index in [2.05, 4.69) is 5.32 Å². The van der Waals surface area contributed by atoms with Gasteiger partial charge in [-0.15, -0.1) is 0 Å². The predicted molar refractivity (Wildman–Crippen MR) is 59.2 cm³/mol. The molecule has 0 fully saturated rings. The van der Waals surface area contributed by atoms with E-state index in [-0.39, 0.29) is 13.1 Å². The maximum absolute atomic E-state index is 12.3. The summed E-state index contributed by atoms with van der Waals surface area (Å²) in [5.74, 6) is -4.39. The zero-order valence-corrected chi connectivity index (χ0v) is 10.6. The molecule has 0 aromatic heterocycles. The van der Waals surface area contributed by atoms with E-state index in [9.17, 15) is 23.1 Å². The fourth-order valence-electron chi connectivity index (χ4n) is 1.57. The third-order valence-electron chi connectivity index (χ3n) is 2.20. The average molecular weight is 272 g/mol. The Labute approximate surface area is 104 Å². The Morgan fingerprint density at radius 3 is 2.22 bits per heavy atom. The van der Waals surface area contributed by atoms with Crippen LogP contribution in [0, 0.1) is 5.92 Å². The number of carboxylic acids is 1. The second-order valence-electron chi connectivity index (χ2n) is 4.80. The third kappa shape index (κ3) is 6.77. The number of nitrogens with one attached hydrogen (secondary N) is 1. The number of likely N-dealkylation sites (N-methyl/N-ethyl adjacent to an activating group) is 1.